The highest BCUT2D eigenvalue weighted by Crippen LogP contribution is 2.29. The summed E-state index contributed by atoms with van der Waals surface area (Å²) in [5.41, 5.74) is 0.187. The minimum absolute atomic E-state index is 0.0188. The first-order valence-electron chi connectivity index (χ1n) is 9.71. The number of hydrogen-bond donors (Lipinski definition) is 0. The number of ether oxygens (including phenoxy) is 1. The number of hydrogen-bond acceptors (Lipinski definition) is 7. The molecule has 0 N–H and O–H groups in total. The van der Waals surface area contributed by atoms with Crippen LogP contribution in [0.5, 0.6) is 0 Å². The van der Waals surface area contributed by atoms with Gasteiger partial charge in [-0.05, 0) is 11.6 Å². The van der Waals surface area contributed by atoms with Gasteiger partial charge in [-0.1, -0.05) is 64.4 Å². The molecule has 2 amide bonds. The lowest BCUT2D eigenvalue weighted by atomic mass is 10.0. The molecule has 182 valence electrons. The van der Waals surface area contributed by atoms with Crippen LogP contribution >= 0.6 is 11.6 Å². The predicted molar refractivity (Wildman–Crippen MR) is 119 cm³/mol. The van der Waals surface area contributed by atoms with E-state index in [2.05, 4.69) is 15.0 Å². The van der Waals surface area contributed by atoms with Gasteiger partial charge in [-0.3, -0.25) is 4.79 Å². The van der Waals surface area contributed by atoms with E-state index in [1.54, 1.807) is 30.3 Å². The fourth-order valence-electron chi connectivity index (χ4n) is 2.72. The molecule has 0 bridgehead atoms. The topological polar surface area (TPSA) is 89.8 Å². The van der Waals surface area contributed by atoms with Crippen molar-refractivity contribution in [3.05, 3.63) is 70.8 Å². The maximum absolute atomic E-state index is 12.8. The van der Waals surface area contributed by atoms with Crippen molar-refractivity contribution in [1.29, 1.82) is 0 Å². The van der Waals surface area contributed by atoms with Crippen LogP contribution in [0, 0.1) is 0 Å². The minimum atomic E-state index is -4.42. The maximum atomic E-state index is 12.8. The summed E-state index contributed by atoms with van der Waals surface area (Å²) in [4.78, 5) is 35.2. The highest BCUT2D eigenvalue weighted by atomic mass is 35.5. The Labute approximate surface area is 198 Å². The smallest absolute Gasteiger partial charge is 0.417 e. The normalized spacial score (nSPS) is 11.9. The largest absolute Gasteiger partial charge is 0.433 e. The third-order valence-corrected chi connectivity index (χ3v) is 4.47. The Morgan fingerprint density at radius 1 is 1.15 bits per heavy atom. The molecular formula is C22H21ClF3N3O5. The summed E-state index contributed by atoms with van der Waals surface area (Å²) in [6, 6.07) is 11.0. The molecule has 0 atom stereocenters. The van der Waals surface area contributed by atoms with Gasteiger partial charge in [0.05, 0.1) is 11.8 Å². The molecule has 0 aliphatic carbocycles. The zero-order chi connectivity index (χ0) is 25.1. The first-order chi connectivity index (χ1) is 16.2. The molecule has 0 aliphatic rings. The van der Waals surface area contributed by atoms with Gasteiger partial charge >= 0.3 is 12.3 Å². The van der Waals surface area contributed by atoms with E-state index < -0.39 is 29.8 Å². The number of nitrogens with zero attached hydrogens (tertiary/aromatic N) is 3. The van der Waals surface area contributed by atoms with Crippen molar-refractivity contribution in [3.63, 3.8) is 0 Å². The molecular weight excluding hydrogens is 479 g/mol. The first-order valence-corrected chi connectivity index (χ1v) is 10.2. The van der Waals surface area contributed by atoms with E-state index in [1.165, 1.54) is 26.4 Å². The van der Waals surface area contributed by atoms with Crippen molar-refractivity contribution in [1.82, 2.24) is 4.90 Å². The molecule has 0 aromatic heterocycles. The number of benzene rings is 2. The standard InChI is InChI=1S/C22H21ClF3N3O5/c1-29(21(31)33-14-23)20(30)19(28-32-2)18-9-4-3-7-16(18)13-27-34-11-10-15-6-5-8-17(12-15)22(24,25)26/h3-9,12-13H,10-11,14H2,1-2H3. The number of carbonyl (C=O) groups excluding carboxylic acids is 2. The molecule has 0 aliphatic heterocycles. The summed E-state index contributed by atoms with van der Waals surface area (Å²) in [5, 5.41) is 7.54. The van der Waals surface area contributed by atoms with Crippen LogP contribution in [0.15, 0.2) is 58.8 Å². The second kappa shape index (κ2) is 12.6. The number of oxime groups is 2. The van der Waals surface area contributed by atoms with E-state index in [4.69, 9.17) is 21.3 Å². The van der Waals surface area contributed by atoms with Crippen molar-refractivity contribution in [2.75, 3.05) is 26.8 Å². The summed E-state index contributed by atoms with van der Waals surface area (Å²) in [6.07, 6.45) is -3.90. The van der Waals surface area contributed by atoms with Crippen LogP contribution in [0.4, 0.5) is 18.0 Å². The average Bonchev–Trinajstić information content (AvgIpc) is 2.81. The fraction of sp³-hybridized carbons (Fsp3) is 0.273. The molecule has 0 unspecified atom stereocenters. The van der Waals surface area contributed by atoms with Crippen LogP contribution in [0.2, 0.25) is 0 Å². The number of alkyl halides is 4. The predicted octanol–water partition coefficient (Wildman–Crippen LogP) is 4.44. The lowest BCUT2D eigenvalue weighted by molar-refractivity contribution is -0.137. The maximum Gasteiger partial charge on any atom is 0.417 e. The molecule has 0 saturated heterocycles. The number of amides is 2. The quantitative estimate of drug-likeness (QED) is 0.220. The van der Waals surface area contributed by atoms with Crippen molar-refractivity contribution >= 4 is 35.5 Å². The summed E-state index contributed by atoms with van der Waals surface area (Å²) in [5.74, 6) is -0.816. The highest BCUT2D eigenvalue weighted by molar-refractivity contribution is 6.47. The first kappa shape index (κ1) is 26.7. The summed E-state index contributed by atoms with van der Waals surface area (Å²) in [6.45, 7) is 0.0188. The van der Waals surface area contributed by atoms with Crippen LogP contribution in [0.1, 0.15) is 22.3 Å². The van der Waals surface area contributed by atoms with Crippen molar-refractivity contribution in [2.24, 2.45) is 10.3 Å². The van der Waals surface area contributed by atoms with Gasteiger partial charge in [-0.2, -0.15) is 13.2 Å². The van der Waals surface area contributed by atoms with Gasteiger partial charge in [-0.25, -0.2) is 9.69 Å². The van der Waals surface area contributed by atoms with Crippen LogP contribution in [0.3, 0.4) is 0 Å². The highest BCUT2D eigenvalue weighted by Gasteiger charge is 2.30. The van der Waals surface area contributed by atoms with Crippen molar-refractivity contribution in [3.8, 4) is 0 Å². The number of rotatable bonds is 9. The van der Waals surface area contributed by atoms with Gasteiger partial charge in [0.15, 0.2) is 11.8 Å². The third-order valence-electron chi connectivity index (χ3n) is 4.36. The van der Waals surface area contributed by atoms with Crippen LogP contribution in [0.25, 0.3) is 0 Å². The van der Waals surface area contributed by atoms with Crippen molar-refractivity contribution in [2.45, 2.75) is 12.6 Å². The van der Waals surface area contributed by atoms with E-state index >= 15 is 0 Å². The van der Waals surface area contributed by atoms with E-state index in [0.717, 1.165) is 12.1 Å². The van der Waals surface area contributed by atoms with Gasteiger partial charge in [0.25, 0.3) is 5.91 Å². The fourth-order valence-corrected chi connectivity index (χ4v) is 2.81. The molecule has 2 aromatic carbocycles. The Morgan fingerprint density at radius 3 is 2.56 bits per heavy atom. The summed E-state index contributed by atoms with van der Waals surface area (Å²) >= 11 is 5.36. The van der Waals surface area contributed by atoms with Crippen LogP contribution in [-0.4, -0.2) is 55.7 Å². The number of likely N-dealkylation sites (N-methyl/N-ethyl adjacent to an activating group) is 1. The van der Waals surface area contributed by atoms with Crippen molar-refractivity contribution < 1.29 is 37.2 Å². The van der Waals surface area contributed by atoms with E-state index in [-0.39, 0.29) is 24.3 Å². The Morgan fingerprint density at radius 2 is 1.88 bits per heavy atom. The zero-order valence-electron chi connectivity index (χ0n) is 18.2. The average molecular weight is 500 g/mol. The van der Waals surface area contributed by atoms with E-state index in [1.807, 2.05) is 0 Å². The second-order valence-corrected chi connectivity index (χ2v) is 6.83. The lowest BCUT2D eigenvalue weighted by Gasteiger charge is -2.16. The molecule has 34 heavy (non-hydrogen) atoms. The van der Waals surface area contributed by atoms with Gasteiger partial charge < -0.3 is 14.4 Å². The SMILES string of the molecule is CON=C(C(=O)N(C)C(=O)OCCl)c1ccccc1C=NOCCc1cccc(C(F)(F)F)c1. The molecule has 0 radical (unpaired) electrons. The molecule has 2 rings (SSSR count). The lowest BCUT2D eigenvalue weighted by Crippen LogP contribution is -2.39. The molecule has 0 heterocycles. The molecule has 2 aromatic rings. The zero-order valence-corrected chi connectivity index (χ0v) is 19.0. The molecule has 0 saturated carbocycles. The Kier molecular flexibility index (Phi) is 9.87. The monoisotopic (exact) mass is 499 g/mol. The van der Waals surface area contributed by atoms with Crippen LogP contribution in [-0.2, 0) is 31.8 Å². The molecule has 0 spiro atoms. The van der Waals surface area contributed by atoms with Gasteiger partial charge in [-0.15, -0.1) is 0 Å². The Hall–Kier alpha value is -3.60. The summed E-state index contributed by atoms with van der Waals surface area (Å²) in [7, 11) is 2.42. The Bertz CT molecular complexity index is 1060. The third kappa shape index (κ3) is 7.48. The van der Waals surface area contributed by atoms with Gasteiger partial charge in [0.2, 0.25) is 0 Å². The van der Waals surface area contributed by atoms with Gasteiger partial charge in [0, 0.05) is 24.6 Å². The second-order valence-electron chi connectivity index (χ2n) is 6.61. The van der Waals surface area contributed by atoms with Gasteiger partial charge in [0.1, 0.15) is 13.7 Å². The Balaban J connectivity index is 2.11. The number of carbonyl (C=O) groups is 2. The van der Waals surface area contributed by atoms with Crippen LogP contribution < -0.4 is 0 Å². The van der Waals surface area contributed by atoms with E-state index in [0.29, 0.717) is 16.0 Å². The molecule has 0 fully saturated rings. The minimum Gasteiger partial charge on any atom is -0.433 e. The number of imide groups is 1. The number of halogens is 4. The molecule has 12 heteroatoms. The summed E-state index contributed by atoms with van der Waals surface area (Å²) < 4.78 is 43.0. The van der Waals surface area contributed by atoms with E-state index in [9.17, 15) is 22.8 Å². The molecule has 8 nitrogen and oxygen atoms in total.